The van der Waals surface area contributed by atoms with Gasteiger partial charge in [-0.05, 0) is 27.7 Å². The molecule has 1 atom stereocenters. The quantitative estimate of drug-likeness (QED) is 0.775. The molecule has 0 bridgehead atoms. The number of aromatic amines is 2. The standard InChI is InChI=1S/C14H19N5O2/c1-7-6-15-13(16-7)9(3)18-12(20)5-11-8(2)17-10(4)19-14(11)21/h6,9H,5H2,1-4H3,(H,15,16)(H,18,20)(H,17,19,21)/t9-/m0/s1. The summed E-state index contributed by atoms with van der Waals surface area (Å²) in [7, 11) is 0. The van der Waals surface area contributed by atoms with Gasteiger partial charge in [0, 0.05) is 23.1 Å². The van der Waals surface area contributed by atoms with Gasteiger partial charge in [-0.2, -0.15) is 0 Å². The Kier molecular flexibility index (Phi) is 4.21. The van der Waals surface area contributed by atoms with E-state index in [2.05, 4.69) is 25.3 Å². The summed E-state index contributed by atoms with van der Waals surface area (Å²) < 4.78 is 0. The highest BCUT2D eigenvalue weighted by Crippen LogP contribution is 2.08. The number of hydrogen-bond donors (Lipinski definition) is 3. The molecule has 0 aliphatic heterocycles. The number of nitrogens with zero attached hydrogens (tertiary/aromatic N) is 2. The van der Waals surface area contributed by atoms with E-state index in [-0.39, 0.29) is 23.9 Å². The topological polar surface area (TPSA) is 104 Å². The third kappa shape index (κ3) is 3.56. The molecule has 7 heteroatoms. The molecule has 0 aliphatic carbocycles. The van der Waals surface area contributed by atoms with Gasteiger partial charge < -0.3 is 15.3 Å². The summed E-state index contributed by atoms with van der Waals surface area (Å²) in [5, 5.41) is 2.81. The van der Waals surface area contributed by atoms with Crippen molar-refractivity contribution in [1.29, 1.82) is 0 Å². The molecule has 0 aliphatic rings. The molecule has 2 heterocycles. The number of rotatable bonds is 4. The van der Waals surface area contributed by atoms with Gasteiger partial charge in [-0.15, -0.1) is 0 Å². The maximum absolute atomic E-state index is 12.1. The molecule has 0 saturated carbocycles. The number of aromatic nitrogens is 4. The van der Waals surface area contributed by atoms with Crippen molar-refractivity contribution < 1.29 is 4.79 Å². The summed E-state index contributed by atoms with van der Waals surface area (Å²) in [5.74, 6) is 0.991. The van der Waals surface area contributed by atoms with Gasteiger partial charge in [0.2, 0.25) is 5.91 Å². The van der Waals surface area contributed by atoms with Crippen molar-refractivity contribution in [2.24, 2.45) is 0 Å². The number of nitrogens with one attached hydrogen (secondary N) is 3. The van der Waals surface area contributed by atoms with Crippen LogP contribution in [0.1, 0.15) is 41.6 Å². The largest absolute Gasteiger partial charge is 0.346 e. The molecule has 2 rings (SSSR count). The maximum atomic E-state index is 12.1. The Labute approximate surface area is 122 Å². The van der Waals surface area contributed by atoms with Gasteiger partial charge in [0.15, 0.2) is 0 Å². The first-order valence-corrected chi connectivity index (χ1v) is 6.74. The van der Waals surface area contributed by atoms with E-state index in [0.29, 0.717) is 22.9 Å². The van der Waals surface area contributed by atoms with Crippen LogP contribution in [0.4, 0.5) is 0 Å². The first-order valence-electron chi connectivity index (χ1n) is 6.74. The van der Waals surface area contributed by atoms with E-state index in [1.807, 2.05) is 13.8 Å². The van der Waals surface area contributed by atoms with E-state index in [1.54, 1.807) is 20.0 Å². The number of H-pyrrole nitrogens is 2. The highest BCUT2D eigenvalue weighted by Gasteiger charge is 2.15. The summed E-state index contributed by atoms with van der Waals surface area (Å²) in [5.41, 5.74) is 1.63. The summed E-state index contributed by atoms with van der Waals surface area (Å²) in [6.45, 7) is 7.16. The van der Waals surface area contributed by atoms with Gasteiger partial charge in [0.25, 0.3) is 5.56 Å². The van der Waals surface area contributed by atoms with Crippen molar-refractivity contribution in [1.82, 2.24) is 25.3 Å². The fraction of sp³-hybridized carbons (Fsp3) is 0.429. The molecule has 7 nitrogen and oxygen atoms in total. The number of hydrogen-bond acceptors (Lipinski definition) is 4. The summed E-state index contributed by atoms with van der Waals surface area (Å²) >= 11 is 0. The van der Waals surface area contributed by atoms with Gasteiger partial charge in [0.05, 0.1) is 12.5 Å². The molecule has 2 aromatic rings. The lowest BCUT2D eigenvalue weighted by atomic mass is 10.1. The zero-order valence-corrected chi connectivity index (χ0v) is 12.6. The van der Waals surface area contributed by atoms with E-state index in [0.717, 1.165) is 5.69 Å². The van der Waals surface area contributed by atoms with E-state index < -0.39 is 0 Å². The molecular formula is C14H19N5O2. The summed E-state index contributed by atoms with van der Waals surface area (Å²) in [6, 6.07) is -0.246. The predicted molar refractivity (Wildman–Crippen MR) is 77.9 cm³/mol. The molecule has 3 N–H and O–H groups in total. The molecule has 0 spiro atoms. The Morgan fingerprint density at radius 3 is 2.62 bits per heavy atom. The second kappa shape index (κ2) is 5.90. The van der Waals surface area contributed by atoms with Crippen LogP contribution in [0.5, 0.6) is 0 Å². The number of imidazole rings is 1. The van der Waals surface area contributed by atoms with Crippen molar-refractivity contribution >= 4 is 5.91 Å². The first kappa shape index (κ1) is 15.0. The highest BCUT2D eigenvalue weighted by molar-refractivity contribution is 5.79. The molecule has 0 fully saturated rings. The van der Waals surface area contributed by atoms with Crippen LogP contribution in [0.25, 0.3) is 0 Å². The van der Waals surface area contributed by atoms with Crippen LogP contribution in [-0.4, -0.2) is 25.8 Å². The lowest BCUT2D eigenvalue weighted by molar-refractivity contribution is -0.121. The van der Waals surface area contributed by atoms with Gasteiger partial charge in [-0.25, -0.2) is 9.97 Å². The molecule has 0 radical (unpaired) electrons. The molecule has 0 unspecified atom stereocenters. The van der Waals surface area contributed by atoms with E-state index in [1.165, 1.54) is 0 Å². The Hall–Kier alpha value is -2.44. The van der Waals surface area contributed by atoms with Gasteiger partial charge >= 0.3 is 0 Å². The van der Waals surface area contributed by atoms with Crippen LogP contribution in [-0.2, 0) is 11.2 Å². The fourth-order valence-electron chi connectivity index (χ4n) is 2.13. The summed E-state index contributed by atoms with van der Waals surface area (Å²) in [4.78, 5) is 37.9. The third-order valence-corrected chi connectivity index (χ3v) is 3.19. The van der Waals surface area contributed by atoms with E-state index >= 15 is 0 Å². The van der Waals surface area contributed by atoms with Crippen molar-refractivity contribution in [3.8, 4) is 0 Å². The minimum Gasteiger partial charge on any atom is -0.346 e. The predicted octanol–water partition coefficient (Wildman–Crippen LogP) is 0.838. The number of amides is 1. The second-order valence-electron chi connectivity index (χ2n) is 5.13. The van der Waals surface area contributed by atoms with E-state index in [4.69, 9.17) is 0 Å². The van der Waals surface area contributed by atoms with Crippen LogP contribution in [0.15, 0.2) is 11.0 Å². The molecule has 21 heavy (non-hydrogen) atoms. The normalized spacial score (nSPS) is 12.2. The van der Waals surface area contributed by atoms with Crippen molar-refractivity contribution in [2.75, 3.05) is 0 Å². The fourth-order valence-corrected chi connectivity index (χ4v) is 2.13. The van der Waals surface area contributed by atoms with Crippen LogP contribution < -0.4 is 10.9 Å². The van der Waals surface area contributed by atoms with Gasteiger partial charge in [0.1, 0.15) is 11.6 Å². The highest BCUT2D eigenvalue weighted by atomic mass is 16.2. The lowest BCUT2D eigenvalue weighted by Crippen LogP contribution is -2.31. The Morgan fingerprint density at radius 2 is 2.05 bits per heavy atom. The van der Waals surface area contributed by atoms with Crippen molar-refractivity contribution in [3.05, 3.63) is 45.2 Å². The van der Waals surface area contributed by atoms with Crippen LogP contribution in [0.3, 0.4) is 0 Å². The lowest BCUT2D eigenvalue weighted by Gasteiger charge is -2.12. The van der Waals surface area contributed by atoms with Crippen LogP contribution >= 0.6 is 0 Å². The molecule has 0 saturated heterocycles. The van der Waals surface area contributed by atoms with Gasteiger partial charge in [-0.1, -0.05) is 0 Å². The molecule has 112 valence electrons. The smallest absolute Gasteiger partial charge is 0.254 e. The molecular weight excluding hydrogens is 270 g/mol. The average molecular weight is 289 g/mol. The van der Waals surface area contributed by atoms with Crippen LogP contribution in [0, 0.1) is 20.8 Å². The third-order valence-electron chi connectivity index (χ3n) is 3.19. The minimum atomic E-state index is -0.267. The Balaban J connectivity index is 2.07. The zero-order valence-electron chi connectivity index (χ0n) is 12.6. The van der Waals surface area contributed by atoms with Crippen LogP contribution in [0.2, 0.25) is 0 Å². The Morgan fingerprint density at radius 1 is 1.33 bits per heavy atom. The maximum Gasteiger partial charge on any atom is 0.254 e. The SMILES string of the molecule is Cc1cnc([C@H](C)NC(=O)Cc2c(C)nc(C)[nH]c2=O)[nH]1. The number of carbonyl (C=O) groups is 1. The Bertz CT molecular complexity index is 716. The first-order chi connectivity index (χ1) is 9.86. The van der Waals surface area contributed by atoms with Gasteiger partial charge in [-0.3, -0.25) is 9.59 Å². The van der Waals surface area contributed by atoms with Crippen molar-refractivity contribution in [3.63, 3.8) is 0 Å². The number of carbonyl (C=O) groups excluding carboxylic acids is 1. The minimum absolute atomic E-state index is 0.00151. The van der Waals surface area contributed by atoms with E-state index in [9.17, 15) is 9.59 Å². The number of aryl methyl sites for hydroxylation is 3. The molecule has 2 aromatic heterocycles. The van der Waals surface area contributed by atoms with Crippen molar-refractivity contribution in [2.45, 2.75) is 40.2 Å². The monoisotopic (exact) mass is 289 g/mol. The zero-order chi connectivity index (χ0) is 15.6. The second-order valence-corrected chi connectivity index (χ2v) is 5.13. The summed E-state index contributed by atoms with van der Waals surface area (Å²) in [6.07, 6.45) is 1.70. The molecule has 0 aromatic carbocycles. The average Bonchev–Trinajstić information content (AvgIpc) is 2.80. The molecule has 1 amide bonds.